The molecule has 0 aromatic heterocycles. The molecule has 2 atom stereocenters. The van der Waals surface area contributed by atoms with E-state index in [1.807, 2.05) is 6.07 Å². The first-order valence-corrected chi connectivity index (χ1v) is 7.26. The third kappa shape index (κ3) is 3.51. The summed E-state index contributed by atoms with van der Waals surface area (Å²) < 4.78 is 5.52. The predicted molar refractivity (Wildman–Crippen MR) is 82.5 cm³/mol. The lowest BCUT2D eigenvalue weighted by Crippen LogP contribution is -2.43. The summed E-state index contributed by atoms with van der Waals surface area (Å²) in [7, 11) is 3.47. The molecule has 1 heterocycles. The van der Waals surface area contributed by atoms with E-state index in [9.17, 15) is 10.1 Å². The summed E-state index contributed by atoms with van der Waals surface area (Å²) >= 11 is 0. The van der Waals surface area contributed by atoms with Gasteiger partial charge in [-0.15, -0.1) is 0 Å². The number of nitro benzene ring substituents is 1. The number of rotatable bonds is 5. The number of hydrogen-bond acceptors (Lipinski definition) is 5. The average molecular weight is 293 g/mol. The summed E-state index contributed by atoms with van der Waals surface area (Å²) in [6.45, 7) is 4.76. The van der Waals surface area contributed by atoms with Crippen LogP contribution in [0.15, 0.2) is 18.2 Å². The van der Waals surface area contributed by atoms with Gasteiger partial charge in [0, 0.05) is 33.3 Å². The van der Waals surface area contributed by atoms with E-state index in [0.29, 0.717) is 18.2 Å². The Morgan fingerprint density at radius 1 is 1.52 bits per heavy atom. The van der Waals surface area contributed by atoms with Gasteiger partial charge >= 0.3 is 0 Å². The van der Waals surface area contributed by atoms with Gasteiger partial charge in [-0.3, -0.25) is 15.0 Å². The lowest BCUT2D eigenvalue weighted by Gasteiger charge is -2.36. The molecule has 1 aliphatic heterocycles. The first kappa shape index (κ1) is 15.7. The zero-order valence-corrected chi connectivity index (χ0v) is 12.8. The molecule has 2 rings (SSSR count). The number of nitro groups is 1. The van der Waals surface area contributed by atoms with Crippen molar-refractivity contribution in [3.8, 4) is 0 Å². The molecule has 21 heavy (non-hydrogen) atoms. The highest BCUT2D eigenvalue weighted by Gasteiger charge is 2.27. The van der Waals surface area contributed by atoms with Crippen molar-refractivity contribution in [2.45, 2.75) is 26.0 Å². The van der Waals surface area contributed by atoms with Gasteiger partial charge < -0.3 is 10.1 Å². The van der Waals surface area contributed by atoms with Crippen LogP contribution < -0.4 is 5.32 Å². The third-order valence-corrected chi connectivity index (χ3v) is 4.25. The number of para-hydroxylation sites is 1. The molecule has 0 radical (unpaired) electrons. The second kappa shape index (κ2) is 6.87. The number of nitrogens with zero attached hydrogens (tertiary/aromatic N) is 2. The average Bonchev–Trinajstić information content (AvgIpc) is 2.48. The monoisotopic (exact) mass is 293 g/mol. The van der Waals surface area contributed by atoms with E-state index in [1.165, 1.54) is 6.07 Å². The topological polar surface area (TPSA) is 67.6 Å². The van der Waals surface area contributed by atoms with Crippen LogP contribution in [-0.2, 0) is 11.3 Å². The minimum absolute atomic E-state index is 0.128. The molecule has 6 nitrogen and oxygen atoms in total. The minimum Gasteiger partial charge on any atom is -0.382 e. The van der Waals surface area contributed by atoms with E-state index in [0.717, 1.165) is 25.1 Å². The molecule has 0 bridgehead atoms. The van der Waals surface area contributed by atoms with Crippen LogP contribution in [0, 0.1) is 16.0 Å². The van der Waals surface area contributed by atoms with Gasteiger partial charge in [-0.05, 0) is 24.4 Å². The number of anilines is 1. The largest absolute Gasteiger partial charge is 0.382 e. The summed E-state index contributed by atoms with van der Waals surface area (Å²) in [6.07, 6.45) is 1.32. The number of piperidine rings is 1. The van der Waals surface area contributed by atoms with Crippen LogP contribution in [0.1, 0.15) is 18.9 Å². The van der Waals surface area contributed by atoms with Crippen molar-refractivity contribution < 1.29 is 9.66 Å². The highest BCUT2D eigenvalue weighted by molar-refractivity contribution is 5.66. The van der Waals surface area contributed by atoms with Crippen molar-refractivity contribution in [3.63, 3.8) is 0 Å². The summed E-state index contributed by atoms with van der Waals surface area (Å²) in [4.78, 5) is 13.1. The van der Waals surface area contributed by atoms with Crippen LogP contribution in [-0.4, -0.2) is 43.2 Å². The first-order valence-electron chi connectivity index (χ1n) is 7.26. The Bertz CT molecular complexity index is 507. The maximum absolute atomic E-state index is 11.1. The zero-order valence-electron chi connectivity index (χ0n) is 12.8. The molecule has 0 amide bonds. The van der Waals surface area contributed by atoms with E-state index < -0.39 is 0 Å². The number of nitrogens with one attached hydrogen (secondary N) is 1. The van der Waals surface area contributed by atoms with Gasteiger partial charge in [0.2, 0.25) is 0 Å². The molecule has 1 fully saturated rings. The fourth-order valence-corrected chi connectivity index (χ4v) is 2.95. The Kier molecular flexibility index (Phi) is 5.14. The van der Waals surface area contributed by atoms with Crippen molar-refractivity contribution in [2.24, 2.45) is 5.92 Å². The van der Waals surface area contributed by atoms with Gasteiger partial charge in [0.15, 0.2) is 0 Å². The summed E-state index contributed by atoms with van der Waals surface area (Å²) in [5.74, 6) is 0.556. The molecule has 0 saturated carbocycles. The van der Waals surface area contributed by atoms with Gasteiger partial charge in [0.1, 0.15) is 5.69 Å². The molecule has 1 aromatic rings. The first-order chi connectivity index (χ1) is 10.1. The zero-order chi connectivity index (χ0) is 15.4. The summed E-state index contributed by atoms with van der Waals surface area (Å²) in [6, 6.07) is 5.22. The Balaban J connectivity index is 2.16. The number of methoxy groups -OCH3 is 1. The highest BCUT2D eigenvalue weighted by atomic mass is 16.6. The molecule has 1 aromatic carbocycles. The molecule has 1 aliphatic rings. The number of hydrogen-bond donors (Lipinski definition) is 1. The smallest absolute Gasteiger partial charge is 0.292 e. The van der Waals surface area contributed by atoms with Crippen molar-refractivity contribution in [1.82, 2.24) is 4.90 Å². The fourth-order valence-electron chi connectivity index (χ4n) is 2.95. The Hall–Kier alpha value is -1.66. The third-order valence-electron chi connectivity index (χ3n) is 4.25. The molecule has 116 valence electrons. The molecule has 2 unspecified atom stereocenters. The molecule has 0 aliphatic carbocycles. The summed E-state index contributed by atoms with van der Waals surface area (Å²) in [5.41, 5.74) is 1.69. The van der Waals surface area contributed by atoms with Crippen LogP contribution in [0.3, 0.4) is 0 Å². The van der Waals surface area contributed by atoms with Crippen LogP contribution >= 0.6 is 0 Å². The normalized spacial score (nSPS) is 23.0. The molecule has 6 heteroatoms. The SMILES string of the molecule is CNc1c(CN2CCC(C)C(OC)C2)cccc1[N+](=O)[O-]. The van der Waals surface area contributed by atoms with Crippen LogP contribution in [0.4, 0.5) is 11.4 Å². The van der Waals surface area contributed by atoms with Crippen LogP contribution in [0.5, 0.6) is 0 Å². The maximum atomic E-state index is 11.1. The van der Waals surface area contributed by atoms with Crippen LogP contribution in [0.2, 0.25) is 0 Å². The second-order valence-electron chi connectivity index (χ2n) is 5.59. The van der Waals surface area contributed by atoms with Gasteiger partial charge in [0.25, 0.3) is 5.69 Å². The van der Waals surface area contributed by atoms with E-state index in [1.54, 1.807) is 20.2 Å². The Morgan fingerprint density at radius 3 is 2.90 bits per heavy atom. The standard InChI is InChI=1S/C15H23N3O3/c1-11-7-8-17(10-14(11)21-3)9-12-5-4-6-13(18(19)20)15(12)16-2/h4-6,11,14,16H,7-10H2,1-3H3. The van der Waals surface area contributed by atoms with E-state index in [-0.39, 0.29) is 16.7 Å². The van der Waals surface area contributed by atoms with Crippen molar-refractivity contribution in [2.75, 3.05) is 32.6 Å². The van der Waals surface area contributed by atoms with Gasteiger partial charge in [-0.1, -0.05) is 19.1 Å². The highest BCUT2D eigenvalue weighted by Crippen LogP contribution is 2.30. The molecule has 1 saturated heterocycles. The van der Waals surface area contributed by atoms with Gasteiger partial charge in [0.05, 0.1) is 11.0 Å². The van der Waals surface area contributed by atoms with Crippen molar-refractivity contribution in [3.05, 3.63) is 33.9 Å². The Morgan fingerprint density at radius 2 is 2.29 bits per heavy atom. The molecular formula is C15H23N3O3. The Labute approximate surface area is 125 Å². The lowest BCUT2D eigenvalue weighted by molar-refractivity contribution is -0.384. The number of ether oxygens (including phenoxy) is 1. The fraction of sp³-hybridized carbons (Fsp3) is 0.600. The molecule has 1 N–H and O–H groups in total. The van der Waals surface area contributed by atoms with Crippen LogP contribution in [0.25, 0.3) is 0 Å². The molecular weight excluding hydrogens is 270 g/mol. The van der Waals surface area contributed by atoms with E-state index >= 15 is 0 Å². The number of likely N-dealkylation sites (tertiary alicyclic amines) is 1. The van der Waals surface area contributed by atoms with E-state index in [2.05, 4.69) is 17.1 Å². The lowest BCUT2D eigenvalue weighted by atomic mass is 9.95. The minimum atomic E-state index is -0.342. The predicted octanol–water partition coefficient (Wildman–Crippen LogP) is 2.49. The van der Waals surface area contributed by atoms with Gasteiger partial charge in [-0.25, -0.2) is 0 Å². The molecule has 0 spiro atoms. The maximum Gasteiger partial charge on any atom is 0.292 e. The quantitative estimate of drug-likeness (QED) is 0.667. The van der Waals surface area contributed by atoms with Gasteiger partial charge in [-0.2, -0.15) is 0 Å². The van der Waals surface area contributed by atoms with Crippen molar-refractivity contribution in [1.29, 1.82) is 0 Å². The summed E-state index contributed by atoms with van der Waals surface area (Å²) in [5, 5.41) is 14.1. The van der Waals surface area contributed by atoms with Crippen molar-refractivity contribution >= 4 is 11.4 Å². The van der Waals surface area contributed by atoms with E-state index in [4.69, 9.17) is 4.74 Å². The second-order valence-corrected chi connectivity index (χ2v) is 5.59. The number of benzene rings is 1.